The number of hydrogen-bond acceptors (Lipinski definition) is 5. The van der Waals surface area contributed by atoms with E-state index >= 15 is 0 Å². The minimum absolute atomic E-state index is 0.0943. The SMILES string of the molecule is COC(CNC(=O)OCC1c2ccccc2-c2ccccc21)C(=O)NCC1C(C(=O)O)C1(F)F. The third kappa shape index (κ3) is 4.45. The Balaban J connectivity index is 1.27. The molecule has 180 valence electrons. The van der Waals surface area contributed by atoms with Gasteiger partial charge < -0.3 is 25.2 Å². The molecule has 1 saturated carbocycles. The van der Waals surface area contributed by atoms with Gasteiger partial charge in [0.1, 0.15) is 12.5 Å². The maximum atomic E-state index is 13.5. The van der Waals surface area contributed by atoms with Crippen molar-refractivity contribution in [3.8, 4) is 11.1 Å². The first kappa shape index (κ1) is 23.6. The third-order valence-corrected chi connectivity index (χ3v) is 6.32. The van der Waals surface area contributed by atoms with Gasteiger partial charge in [-0.25, -0.2) is 13.6 Å². The molecule has 4 rings (SSSR count). The van der Waals surface area contributed by atoms with Crippen LogP contribution in [0.2, 0.25) is 0 Å². The molecule has 2 aromatic rings. The second-order valence-electron chi connectivity index (χ2n) is 8.27. The number of rotatable bonds is 9. The molecular weight excluding hydrogens is 450 g/mol. The molecule has 3 atom stereocenters. The summed E-state index contributed by atoms with van der Waals surface area (Å²) in [7, 11) is 1.23. The second kappa shape index (κ2) is 9.38. The maximum Gasteiger partial charge on any atom is 0.407 e. The molecule has 2 aliphatic carbocycles. The number of carbonyl (C=O) groups is 3. The number of amides is 2. The van der Waals surface area contributed by atoms with Crippen LogP contribution in [0.3, 0.4) is 0 Å². The van der Waals surface area contributed by atoms with Crippen molar-refractivity contribution in [2.75, 3.05) is 26.8 Å². The number of aliphatic carboxylic acids is 1. The van der Waals surface area contributed by atoms with Crippen LogP contribution in [0.4, 0.5) is 13.6 Å². The summed E-state index contributed by atoms with van der Waals surface area (Å²) in [5.74, 6) is -9.12. The maximum absolute atomic E-state index is 13.5. The summed E-state index contributed by atoms with van der Waals surface area (Å²) < 4.78 is 37.3. The molecule has 0 radical (unpaired) electrons. The number of ether oxygens (including phenoxy) is 2. The highest BCUT2D eigenvalue weighted by molar-refractivity contribution is 5.82. The van der Waals surface area contributed by atoms with E-state index in [2.05, 4.69) is 10.6 Å². The van der Waals surface area contributed by atoms with Crippen molar-refractivity contribution in [1.29, 1.82) is 0 Å². The first-order valence-electron chi connectivity index (χ1n) is 10.8. The van der Waals surface area contributed by atoms with Crippen LogP contribution in [0, 0.1) is 11.8 Å². The zero-order chi connectivity index (χ0) is 24.5. The van der Waals surface area contributed by atoms with E-state index in [1.165, 1.54) is 7.11 Å². The molecular formula is C24H24F2N2O6. The molecule has 3 unspecified atom stereocenters. The topological polar surface area (TPSA) is 114 Å². The number of alkyl carbamates (subject to hydrolysis) is 1. The molecule has 0 bridgehead atoms. The Morgan fingerprint density at radius 3 is 2.15 bits per heavy atom. The van der Waals surface area contributed by atoms with Gasteiger partial charge in [-0.15, -0.1) is 0 Å². The van der Waals surface area contributed by atoms with Crippen molar-refractivity contribution in [2.45, 2.75) is 17.9 Å². The van der Waals surface area contributed by atoms with Gasteiger partial charge in [0.15, 0.2) is 6.10 Å². The van der Waals surface area contributed by atoms with Crippen molar-refractivity contribution in [2.24, 2.45) is 11.8 Å². The van der Waals surface area contributed by atoms with Gasteiger partial charge in [-0.3, -0.25) is 9.59 Å². The lowest BCUT2D eigenvalue weighted by atomic mass is 9.98. The van der Waals surface area contributed by atoms with Gasteiger partial charge in [0.05, 0.1) is 12.5 Å². The molecule has 8 nitrogen and oxygen atoms in total. The number of benzene rings is 2. The summed E-state index contributed by atoms with van der Waals surface area (Å²) in [6.45, 7) is -0.660. The van der Waals surface area contributed by atoms with Gasteiger partial charge in [-0.2, -0.15) is 0 Å². The number of carboxylic acid groups (broad SMARTS) is 1. The van der Waals surface area contributed by atoms with E-state index in [9.17, 15) is 23.2 Å². The molecule has 3 N–H and O–H groups in total. The standard InChI is InChI=1S/C24H24F2N2O6/c1-33-19(21(29)27-10-18-20(22(30)31)24(18,25)26)11-28-23(32)34-12-17-15-8-4-2-6-13(15)14-7-3-5-9-16(14)17/h2-9,17-20H,10-12H2,1H3,(H,27,29)(H,28,32)(H,30,31). The number of nitrogens with one attached hydrogen (secondary N) is 2. The Morgan fingerprint density at radius 1 is 1.03 bits per heavy atom. The van der Waals surface area contributed by atoms with Crippen LogP contribution in [-0.4, -0.2) is 61.9 Å². The minimum Gasteiger partial charge on any atom is -0.481 e. The number of carboxylic acids is 1. The summed E-state index contributed by atoms with van der Waals surface area (Å²) in [6, 6.07) is 15.8. The number of methoxy groups -OCH3 is 1. The van der Waals surface area contributed by atoms with Crippen molar-refractivity contribution in [1.82, 2.24) is 10.6 Å². The molecule has 0 heterocycles. The lowest BCUT2D eigenvalue weighted by Gasteiger charge is -2.17. The van der Waals surface area contributed by atoms with Gasteiger partial charge in [-0.05, 0) is 22.3 Å². The van der Waals surface area contributed by atoms with E-state index in [0.717, 1.165) is 22.3 Å². The van der Waals surface area contributed by atoms with E-state index in [0.29, 0.717) is 0 Å². The lowest BCUT2D eigenvalue weighted by Crippen LogP contribution is -2.44. The number of hydrogen-bond donors (Lipinski definition) is 3. The van der Waals surface area contributed by atoms with E-state index in [4.69, 9.17) is 14.6 Å². The summed E-state index contributed by atoms with van der Waals surface area (Å²) >= 11 is 0. The van der Waals surface area contributed by atoms with E-state index in [1.54, 1.807) is 0 Å². The van der Waals surface area contributed by atoms with Crippen LogP contribution >= 0.6 is 0 Å². The summed E-state index contributed by atoms with van der Waals surface area (Å²) in [5.41, 5.74) is 4.30. The minimum atomic E-state index is -3.36. The van der Waals surface area contributed by atoms with Gasteiger partial charge >= 0.3 is 12.1 Å². The predicted octanol–water partition coefficient (Wildman–Crippen LogP) is 2.62. The average Bonchev–Trinajstić information content (AvgIpc) is 3.23. The molecule has 0 saturated heterocycles. The normalized spacial score (nSPS) is 20.6. The molecule has 0 aromatic heterocycles. The fourth-order valence-corrected chi connectivity index (χ4v) is 4.41. The van der Waals surface area contributed by atoms with Crippen LogP contribution in [0.25, 0.3) is 11.1 Å². The Morgan fingerprint density at radius 2 is 1.62 bits per heavy atom. The first-order valence-corrected chi connectivity index (χ1v) is 10.8. The van der Waals surface area contributed by atoms with Crippen molar-refractivity contribution >= 4 is 18.0 Å². The Bertz CT molecular complexity index is 1060. The van der Waals surface area contributed by atoms with E-state index in [-0.39, 0.29) is 19.1 Å². The Labute approximate surface area is 194 Å². The largest absolute Gasteiger partial charge is 0.481 e. The van der Waals surface area contributed by atoms with Crippen molar-refractivity contribution in [3.05, 3.63) is 59.7 Å². The number of carbonyl (C=O) groups excluding carboxylic acids is 2. The summed E-state index contributed by atoms with van der Waals surface area (Å²) in [4.78, 5) is 35.3. The summed E-state index contributed by atoms with van der Waals surface area (Å²) in [6.07, 6.45) is -1.91. The monoisotopic (exact) mass is 474 g/mol. The zero-order valence-corrected chi connectivity index (χ0v) is 18.3. The molecule has 1 fully saturated rings. The van der Waals surface area contributed by atoms with Crippen LogP contribution in [0.1, 0.15) is 17.0 Å². The van der Waals surface area contributed by atoms with E-state index < -0.39 is 48.4 Å². The molecule has 2 aromatic carbocycles. The van der Waals surface area contributed by atoms with Crippen LogP contribution in [0.15, 0.2) is 48.5 Å². The fraction of sp³-hybridized carbons (Fsp3) is 0.375. The smallest absolute Gasteiger partial charge is 0.407 e. The second-order valence-corrected chi connectivity index (χ2v) is 8.27. The van der Waals surface area contributed by atoms with Gasteiger partial charge in [0, 0.05) is 19.6 Å². The lowest BCUT2D eigenvalue weighted by molar-refractivity contribution is -0.141. The van der Waals surface area contributed by atoms with Crippen molar-refractivity contribution < 1.29 is 37.7 Å². The van der Waals surface area contributed by atoms with Crippen LogP contribution < -0.4 is 10.6 Å². The van der Waals surface area contributed by atoms with Gasteiger partial charge in [-0.1, -0.05) is 48.5 Å². The predicted molar refractivity (Wildman–Crippen MR) is 116 cm³/mol. The molecule has 2 aliphatic rings. The Hall–Kier alpha value is -3.53. The molecule has 0 spiro atoms. The van der Waals surface area contributed by atoms with Crippen molar-refractivity contribution in [3.63, 3.8) is 0 Å². The highest BCUT2D eigenvalue weighted by atomic mass is 19.3. The number of halogens is 2. The van der Waals surface area contributed by atoms with Crippen LogP contribution in [0.5, 0.6) is 0 Å². The Kier molecular flexibility index (Phi) is 6.52. The summed E-state index contributed by atoms with van der Waals surface area (Å²) in [5, 5.41) is 13.5. The fourth-order valence-electron chi connectivity index (χ4n) is 4.41. The number of alkyl halides is 2. The number of fused-ring (bicyclic) bond motifs is 3. The third-order valence-electron chi connectivity index (χ3n) is 6.32. The van der Waals surface area contributed by atoms with E-state index in [1.807, 2.05) is 48.5 Å². The molecule has 34 heavy (non-hydrogen) atoms. The average molecular weight is 474 g/mol. The zero-order valence-electron chi connectivity index (χ0n) is 18.3. The molecule has 0 aliphatic heterocycles. The van der Waals surface area contributed by atoms with Crippen LogP contribution in [-0.2, 0) is 19.1 Å². The highest BCUT2D eigenvalue weighted by Gasteiger charge is 2.72. The quantitative estimate of drug-likeness (QED) is 0.515. The molecule has 2 amide bonds. The highest BCUT2D eigenvalue weighted by Crippen LogP contribution is 2.54. The molecule has 10 heteroatoms. The first-order chi connectivity index (χ1) is 16.3. The van der Waals surface area contributed by atoms with Gasteiger partial charge in [0.25, 0.3) is 11.8 Å². The van der Waals surface area contributed by atoms with Gasteiger partial charge in [0.2, 0.25) is 0 Å².